The Kier molecular flexibility index (Phi) is 5.01. The van der Waals surface area contributed by atoms with E-state index < -0.39 is 0 Å². The number of hydrogen-bond acceptors (Lipinski definition) is 2. The van der Waals surface area contributed by atoms with Crippen LogP contribution in [0.3, 0.4) is 0 Å². The minimum absolute atomic E-state index is 0.0617. The molecule has 1 aromatic carbocycles. The number of halogens is 1. The molecule has 1 aliphatic heterocycles. The maximum atomic E-state index is 12.7. The van der Waals surface area contributed by atoms with E-state index in [4.69, 9.17) is 11.6 Å². The van der Waals surface area contributed by atoms with Crippen molar-refractivity contribution < 1.29 is 4.79 Å². The number of rotatable bonds is 2. The van der Waals surface area contributed by atoms with Gasteiger partial charge in [0.25, 0.3) is 0 Å². The van der Waals surface area contributed by atoms with Gasteiger partial charge in [0.05, 0.1) is 16.8 Å². The molecule has 0 saturated carbocycles. The molecule has 0 unspecified atom stereocenters. The summed E-state index contributed by atoms with van der Waals surface area (Å²) >= 11 is 7.87. The third-order valence-electron chi connectivity index (χ3n) is 4.00. The Bertz CT molecular complexity index is 629. The molecule has 116 valence electrons. The molecule has 3 rings (SSSR count). The van der Waals surface area contributed by atoms with Gasteiger partial charge in [-0.3, -0.25) is 0 Å². The zero-order valence-electron chi connectivity index (χ0n) is 12.3. The van der Waals surface area contributed by atoms with Crippen molar-refractivity contribution >= 4 is 34.7 Å². The Hall–Kier alpha value is -1.52. The second-order valence-corrected chi connectivity index (χ2v) is 6.87. The molecule has 1 atom stereocenters. The van der Waals surface area contributed by atoms with E-state index in [0.717, 1.165) is 19.4 Å². The topological polar surface area (TPSA) is 32.3 Å². The zero-order chi connectivity index (χ0) is 15.4. The highest BCUT2D eigenvalue weighted by Gasteiger charge is 2.27. The van der Waals surface area contributed by atoms with Gasteiger partial charge in [-0.25, -0.2) is 4.79 Å². The van der Waals surface area contributed by atoms with Gasteiger partial charge in [-0.15, -0.1) is 11.3 Å². The van der Waals surface area contributed by atoms with Crippen molar-refractivity contribution in [2.45, 2.75) is 31.7 Å². The van der Waals surface area contributed by atoms with Crippen LogP contribution in [0.5, 0.6) is 0 Å². The molecule has 5 heteroatoms. The van der Waals surface area contributed by atoms with Crippen molar-refractivity contribution in [3.8, 4) is 0 Å². The van der Waals surface area contributed by atoms with Gasteiger partial charge >= 0.3 is 6.03 Å². The Morgan fingerprint density at radius 2 is 2.05 bits per heavy atom. The molecule has 0 aliphatic carbocycles. The van der Waals surface area contributed by atoms with Crippen LogP contribution in [0, 0.1) is 0 Å². The Morgan fingerprint density at radius 3 is 2.82 bits per heavy atom. The number of nitrogens with zero attached hydrogens (tertiary/aromatic N) is 1. The normalized spacial score (nSPS) is 18.8. The number of carbonyl (C=O) groups excluding carboxylic acids is 1. The molecule has 1 fully saturated rings. The molecule has 2 aromatic rings. The minimum atomic E-state index is -0.0617. The monoisotopic (exact) mass is 334 g/mol. The molecular formula is C17H19ClN2OS. The quantitative estimate of drug-likeness (QED) is 0.767. The minimum Gasteiger partial charge on any atom is -0.317 e. The second kappa shape index (κ2) is 7.16. The highest BCUT2D eigenvalue weighted by Crippen LogP contribution is 2.33. The van der Waals surface area contributed by atoms with Gasteiger partial charge in [-0.2, -0.15) is 0 Å². The number of anilines is 1. The number of hydrogen-bond donors (Lipinski definition) is 1. The molecule has 0 radical (unpaired) electrons. The lowest BCUT2D eigenvalue weighted by molar-refractivity contribution is 0.190. The van der Waals surface area contributed by atoms with E-state index in [0.29, 0.717) is 10.7 Å². The number of nitrogens with one attached hydrogen (secondary N) is 1. The maximum absolute atomic E-state index is 12.7. The summed E-state index contributed by atoms with van der Waals surface area (Å²) < 4.78 is 0. The third kappa shape index (κ3) is 3.45. The van der Waals surface area contributed by atoms with Crippen molar-refractivity contribution in [3.05, 3.63) is 51.7 Å². The van der Waals surface area contributed by atoms with Gasteiger partial charge in [-0.1, -0.05) is 42.6 Å². The Labute approximate surface area is 139 Å². The SMILES string of the molecule is O=C(Nc1ccccc1Cl)N1CCCCC[C@H]1c1cccs1. The van der Waals surface area contributed by atoms with Crippen LogP contribution in [0.15, 0.2) is 41.8 Å². The molecular weight excluding hydrogens is 316 g/mol. The summed E-state index contributed by atoms with van der Waals surface area (Å²) in [6.45, 7) is 0.791. The van der Waals surface area contributed by atoms with Gasteiger partial charge in [0.1, 0.15) is 0 Å². The molecule has 1 aliphatic rings. The summed E-state index contributed by atoms with van der Waals surface area (Å²) in [7, 11) is 0. The summed E-state index contributed by atoms with van der Waals surface area (Å²) in [5.41, 5.74) is 0.670. The number of urea groups is 1. The first kappa shape index (κ1) is 15.4. The standard InChI is InChI=1S/C17H19ClN2OS/c18-13-7-3-4-8-14(13)19-17(21)20-11-5-1-2-9-15(20)16-10-6-12-22-16/h3-4,6-8,10,12,15H,1-2,5,9,11H2,(H,19,21)/t15-/m0/s1. The molecule has 3 nitrogen and oxygen atoms in total. The lowest BCUT2D eigenvalue weighted by Gasteiger charge is -2.29. The number of amides is 2. The largest absolute Gasteiger partial charge is 0.322 e. The average molecular weight is 335 g/mol. The fourth-order valence-corrected chi connectivity index (χ4v) is 3.93. The Balaban J connectivity index is 1.80. The average Bonchev–Trinajstić information content (AvgIpc) is 2.94. The van der Waals surface area contributed by atoms with Crippen LogP contribution in [-0.4, -0.2) is 17.5 Å². The van der Waals surface area contributed by atoms with Gasteiger partial charge in [0.15, 0.2) is 0 Å². The van der Waals surface area contributed by atoms with Gasteiger partial charge in [-0.05, 0) is 36.4 Å². The molecule has 1 aromatic heterocycles. The summed E-state index contributed by atoms with van der Waals surface area (Å²) in [5.74, 6) is 0. The highest BCUT2D eigenvalue weighted by atomic mass is 35.5. The summed E-state index contributed by atoms with van der Waals surface area (Å²) in [4.78, 5) is 16.0. The number of benzene rings is 1. The van der Waals surface area contributed by atoms with Gasteiger partial charge in [0.2, 0.25) is 0 Å². The number of likely N-dealkylation sites (tertiary alicyclic amines) is 1. The predicted octanol–water partition coefficient (Wildman–Crippen LogP) is 5.55. The van der Waals surface area contributed by atoms with E-state index in [1.54, 1.807) is 17.4 Å². The zero-order valence-corrected chi connectivity index (χ0v) is 13.9. The first-order valence-electron chi connectivity index (χ1n) is 7.61. The van der Waals surface area contributed by atoms with Crippen LogP contribution < -0.4 is 5.32 Å². The van der Waals surface area contributed by atoms with Crippen molar-refractivity contribution in [1.82, 2.24) is 4.90 Å². The third-order valence-corrected chi connectivity index (χ3v) is 5.30. The first-order chi connectivity index (χ1) is 10.8. The fraction of sp³-hybridized carbons (Fsp3) is 0.353. The lowest BCUT2D eigenvalue weighted by atomic mass is 10.1. The predicted molar refractivity (Wildman–Crippen MR) is 92.7 cm³/mol. The van der Waals surface area contributed by atoms with Crippen LogP contribution in [0.25, 0.3) is 0 Å². The number of para-hydroxylation sites is 1. The van der Waals surface area contributed by atoms with Crippen LogP contribution in [-0.2, 0) is 0 Å². The van der Waals surface area contributed by atoms with Crippen LogP contribution in [0.1, 0.15) is 36.6 Å². The summed E-state index contributed by atoms with van der Waals surface area (Å²) in [6.07, 6.45) is 4.42. The first-order valence-corrected chi connectivity index (χ1v) is 8.87. The fourth-order valence-electron chi connectivity index (χ4n) is 2.88. The Morgan fingerprint density at radius 1 is 1.18 bits per heavy atom. The summed E-state index contributed by atoms with van der Waals surface area (Å²) in [6, 6.07) is 11.6. The maximum Gasteiger partial charge on any atom is 0.322 e. The molecule has 2 heterocycles. The second-order valence-electron chi connectivity index (χ2n) is 5.48. The molecule has 2 amide bonds. The highest BCUT2D eigenvalue weighted by molar-refractivity contribution is 7.10. The van der Waals surface area contributed by atoms with Crippen molar-refractivity contribution in [2.75, 3.05) is 11.9 Å². The summed E-state index contributed by atoms with van der Waals surface area (Å²) in [5, 5.41) is 5.60. The van der Waals surface area contributed by atoms with E-state index in [1.807, 2.05) is 23.1 Å². The van der Waals surface area contributed by atoms with Crippen molar-refractivity contribution in [2.24, 2.45) is 0 Å². The van der Waals surface area contributed by atoms with Crippen LogP contribution in [0.2, 0.25) is 5.02 Å². The smallest absolute Gasteiger partial charge is 0.317 e. The van der Waals surface area contributed by atoms with E-state index in [1.165, 1.54) is 17.7 Å². The molecule has 0 spiro atoms. The lowest BCUT2D eigenvalue weighted by Crippen LogP contribution is -2.37. The van der Waals surface area contributed by atoms with E-state index in [2.05, 4.69) is 22.8 Å². The molecule has 0 bridgehead atoms. The molecule has 1 saturated heterocycles. The molecule has 22 heavy (non-hydrogen) atoms. The van der Waals surface area contributed by atoms with Crippen LogP contribution >= 0.6 is 22.9 Å². The van der Waals surface area contributed by atoms with Gasteiger partial charge < -0.3 is 10.2 Å². The van der Waals surface area contributed by atoms with Crippen LogP contribution in [0.4, 0.5) is 10.5 Å². The van der Waals surface area contributed by atoms with Crippen molar-refractivity contribution in [3.63, 3.8) is 0 Å². The van der Waals surface area contributed by atoms with Gasteiger partial charge in [0, 0.05) is 11.4 Å². The van der Waals surface area contributed by atoms with E-state index >= 15 is 0 Å². The van der Waals surface area contributed by atoms with E-state index in [9.17, 15) is 4.79 Å². The molecule has 1 N–H and O–H groups in total. The van der Waals surface area contributed by atoms with Crippen molar-refractivity contribution in [1.29, 1.82) is 0 Å². The number of carbonyl (C=O) groups is 1. The van der Waals surface area contributed by atoms with E-state index in [-0.39, 0.29) is 12.1 Å². The number of thiophene rings is 1.